The Balaban J connectivity index is 3.76. The first-order valence-electron chi connectivity index (χ1n) is 5.75. The summed E-state index contributed by atoms with van der Waals surface area (Å²) in [6, 6.07) is 0. The van der Waals surface area contributed by atoms with Gasteiger partial charge in [-0.3, -0.25) is 9.59 Å². The largest absolute Gasteiger partial charge is 0.465 e. The van der Waals surface area contributed by atoms with Crippen molar-refractivity contribution >= 4 is 30.8 Å². The molecule has 106 valence electrons. The molecule has 0 heterocycles. The van der Waals surface area contributed by atoms with Crippen LogP contribution in [0.5, 0.6) is 0 Å². The molecule has 0 aromatic heterocycles. The minimum absolute atomic E-state index is 0.103. The maximum atomic E-state index is 11.4. The number of nitrogens with one attached hydrogen (secondary N) is 1. The average molecular weight is 297 g/mol. The maximum Gasteiger partial charge on any atom is 0.325 e. The molecule has 18 heavy (non-hydrogen) atoms. The molecule has 0 saturated carbocycles. The van der Waals surface area contributed by atoms with Crippen LogP contribution in [0, 0.1) is 0 Å². The molecule has 8 heteroatoms. The van der Waals surface area contributed by atoms with Crippen molar-refractivity contribution < 1.29 is 23.4 Å². The fraction of sp³-hybridized carbons (Fsp3) is 0.800. The van der Waals surface area contributed by atoms with E-state index in [2.05, 4.69) is 10.1 Å². The predicted octanol–water partition coefficient (Wildman–Crippen LogP) is 1.70. The van der Waals surface area contributed by atoms with E-state index >= 15 is 0 Å². The van der Waals surface area contributed by atoms with E-state index in [1.165, 1.54) is 11.4 Å². The van der Waals surface area contributed by atoms with Crippen LogP contribution in [0.4, 0.5) is 0 Å². The SMILES string of the molecule is CCOC(=O)CNC(=O)CSP(OCC)OCC. The molecule has 0 aliphatic rings. The van der Waals surface area contributed by atoms with Crippen LogP contribution in [0.15, 0.2) is 0 Å². The molecule has 6 nitrogen and oxygen atoms in total. The smallest absolute Gasteiger partial charge is 0.325 e. The second-order valence-corrected chi connectivity index (χ2v) is 6.09. The van der Waals surface area contributed by atoms with Crippen LogP contribution in [0.25, 0.3) is 0 Å². The molecular formula is C10H20NO5PS. The van der Waals surface area contributed by atoms with Crippen molar-refractivity contribution in [2.75, 3.05) is 32.1 Å². The fourth-order valence-corrected chi connectivity index (χ4v) is 3.59. The number of rotatable bonds is 10. The van der Waals surface area contributed by atoms with Gasteiger partial charge >= 0.3 is 5.97 Å². The number of carbonyl (C=O) groups excluding carboxylic acids is 2. The van der Waals surface area contributed by atoms with E-state index in [0.29, 0.717) is 19.8 Å². The van der Waals surface area contributed by atoms with E-state index in [-0.39, 0.29) is 18.2 Å². The van der Waals surface area contributed by atoms with Crippen molar-refractivity contribution in [3.8, 4) is 0 Å². The van der Waals surface area contributed by atoms with Crippen molar-refractivity contribution in [3.63, 3.8) is 0 Å². The molecule has 1 amide bonds. The van der Waals surface area contributed by atoms with E-state index in [9.17, 15) is 9.59 Å². The maximum absolute atomic E-state index is 11.4. The molecule has 0 fully saturated rings. The van der Waals surface area contributed by atoms with Gasteiger partial charge in [-0.25, -0.2) is 0 Å². The Morgan fingerprint density at radius 3 is 2.22 bits per heavy atom. The van der Waals surface area contributed by atoms with Crippen molar-refractivity contribution in [2.24, 2.45) is 0 Å². The Morgan fingerprint density at radius 1 is 1.11 bits per heavy atom. The van der Waals surface area contributed by atoms with Crippen LogP contribution in [0.1, 0.15) is 20.8 Å². The molecule has 0 atom stereocenters. The highest BCUT2D eigenvalue weighted by Crippen LogP contribution is 2.51. The van der Waals surface area contributed by atoms with Gasteiger partial charge in [-0.15, -0.1) is 0 Å². The number of amides is 1. The molecule has 0 aromatic rings. The number of ether oxygens (including phenoxy) is 1. The summed E-state index contributed by atoms with van der Waals surface area (Å²) in [4.78, 5) is 22.4. The Bertz CT molecular complexity index is 248. The van der Waals surface area contributed by atoms with Crippen molar-refractivity contribution in [2.45, 2.75) is 20.8 Å². The number of esters is 1. The highest BCUT2D eigenvalue weighted by molar-refractivity contribution is 8.53. The zero-order chi connectivity index (χ0) is 13.8. The molecule has 0 radical (unpaired) electrons. The molecule has 0 rings (SSSR count). The first-order chi connectivity index (χ1) is 8.63. The van der Waals surface area contributed by atoms with Gasteiger partial charge in [0.05, 0.1) is 25.6 Å². The van der Waals surface area contributed by atoms with Crippen LogP contribution in [0.2, 0.25) is 0 Å². The molecule has 0 aliphatic carbocycles. The highest BCUT2D eigenvalue weighted by atomic mass is 32.7. The van der Waals surface area contributed by atoms with Gasteiger partial charge in [-0.1, -0.05) is 11.4 Å². The molecule has 0 aliphatic heterocycles. The van der Waals surface area contributed by atoms with Gasteiger partial charge in [-0.05, 0) is 20.8 Å². The van der Waals surface area contributed by atoms with Gasteiger partial charge in [0.1, 0.15) is 6.54 Å². The second-order valence-electron chi connectivity index (χ2n) is 2.91. The Hall–Kier alpha value is -0.360. The summed E-state index contributed by atoms with van der Waals surface area (Å²) >= 11 is 1.30. The summed E-state index contributed by atoms with van der Waals surface area (Å²) < 4.78 is 15.4. The summed E-state index contributed by atoms with van der Waals surface area (Å²) in [5, 5.41) is 2.47. The van der Waals surface area contributed by atoms with E-state index in [0.717, 1.165) is 0 Å². The Kier molecular flexibility index (Phi) is 11.5. The Labute approximate surface area is 113 Å². The summed E-state index contributed by atoms with van der Waals surface area (Å²) in [5.41, 5.74) is 0. The average Bonchev–Trinajstić information content (AvgIpc) is 2.34. The molecule has 0 saturated heterocycles. The first kappa shape index (κ1) is 17.6. The normalized spacial score (nSPS) is 10.4. The number of hydrogen-bond acceptors (Lipinski definition) is 6. The zero-order valence-corrected chi connectivity index (χ0v) is 12.6. The third-order valence-corrected chi connectivity index (χ3v) is 4.70. The van der Waals surface area contributed by atoms with Crippen LogP contribution >= 0.6 is 19.0 Å². The molecule has 0 spiro atoms. The van der Waals surface area contributed by atoms with Crippen molar-refractivity contribution in [1.29, 1.82) is 0 Å². The first-order valence-corrected chi connectivity index (χ1v) is 8.52. The fourth-order valence-electron chi connectivity index (χ4n) is 0.868. The summed E-state index contributed by atoms with van der Waals surface area (Å²) in [5.74, 6) is -0.474. The summed E-state index contributed by atoms with van der Waals surface area (Å²) in [6.07, 6.45) is 0. The lowest BCUT2D eigenvalue weighted by Gasteiger charge is -2.14. The molecule has 1 N–H and O–H groups in total. The minimum atomic E-state index is -1.09. The number of hydrogen-bond donors (Lipinski definition) is 1. The molecule has 0 bridgehead atoms. The van der Waals surface area contributed by atoms with Crippen LogP contribution < -0.4 is 5.32 Å². The van der Waals surface area contributed by atoms with Gasteiger partial charge < -0.3 is 19.1 Å². The predicted molar refractivity (Wildman–Crippen MR) is 72.3 cm³/mol. The molecular weight excluding hydrogens is 277 g/mol. The van der Waals surface area contributed by atoms with E-state index < -0.39 is 13.5 Å². The lowest BCUT2D eigenvalue weighted by molar-refractivity contribution is -0.143. The zero-order valence-electron chi connectivity index (χ0n) is 10.9. The summed E-state index contributed by atoms with van der Waals surface area (Å²) in [7, 11) is -1.09. The van der Waals surface area contributed by atoms with E-state index in [1.807, 2.05) is 13.8 Å². The molecule has 0 aromatic carbocycles. The monoisotopic (exact) mass is 297 g/mol. The van der Waals surface area contributed by atoms with Crippen LogP contribution in [0.3, 0.4) is 0 Å². The van der Waals surface area contributed by atoms with Gasteiger partial charge in [0.2, 0.25) is 13.5 Å². The third-order valence-electron chi connectivity index (χ3n) is 1.51. The van der Waals surface area contributed by atoms with Gasteiger partial charge in [0, 0.05) is 0 Å². The number of carbonyl (C=O) groups is 2. The molecule has 0 unspecified atom stereocenters. The minimum Gasteiger partial charge on any atom is -0.465 e. The van der Waals surface area contributed by atoms with Crippen LogP contribution in [-0.4, -0.2) is 44.0 Å². The Morgan fingerprint density at radius 2 is 1.72 bits per heavy atom. The standard InChI is InChI=1S/C10H20NO5PS/c1-4-14-10(13)7-11-9(12)8-18-17(15-5-2)16-6-3/h4-8H2,1-3H3,(H,11,12). The summed E-state index contributed by atoms with van der Waals surface area (Å²) in [6.45, 7) is 6.75. The topological polar surface area (TPSA) is 73.9 Å². The van der Waals surface area contributed by atoms with E-state index in [1.54, 1.807) is 6.92 Å². The van der Waals surface area contributed by atoms with Crippen molar-refractivity contribution in [1.82, 2.24) is 5.32 Å². The van der Waals surface area contributed by atoms with Gasteiger partial charge in [0.15, 0.2) is 0 Å². The lowest BCUT2D eigenvalue weighted by Crippen LogP contribution is -2.31. The van der Waals surface area contributed by atoms with Crippen molar-refractivity contribution in [3.05, 3.63) is 0 Å². The van der Waals surface area contributed by atoms with Gasteiger partial charge in [0.25, 0.3) is 0 Å². The van der Waals surface area contributed by atoms with Crippen LogP contribution in [-0.2, 0) is 23.4 Å². The quantitative estimate of drug-likeness (QED) is 0.489. The third kappa shape index (κ3) is 9.65. The lowest BCUT2D eigenvalue weighted by atomic mass is 10.6. The van der Waals surface area contributed by atoms with E-state index in [4.69, 9.17) is 9.05 Å². The van der Waals surface area contributed by atoms with Gasteiger partial charge in [-0.2, -0.15) is 0 Å². The highest BCUT2D eigenvalue weighted by Gasteiger charge is 2.13. The second kappa shape index (κ2) is 11.7.